The quantitative estimate of drug-likeness (QED) is 0.738. The first-order valence-electron chi connectivity index (χ1n) is 5.08. The minimum absolute atomic E-state index is 0.298. The molecule has 0 radical (unpaired) electrons. The second-order valence-corrected chi connectivity index (χ2v) is 5.10. The van der Waals surface area contributed by atoms with Gasteiger partial charge in [-0.3, -0.25) is 0 Å². The van der Waals surface area contributed by atoms with E-state index in [1.807, 2.05) is 0 Å². The molecule has 0 amide bonds. The molecule has 0 bridgehead atoms. The third-order valence-corrected chi connectivity index (χ3v) is 3.56. The molecule has 1 unspecified atom stereocenters. The number of nitrogens with one attached hydrogen (secondary N) is 1. The Kier molecular flexibility index (Phi) is 3.21. The van der Waals surface area contributed by atoms with Gasteiger partial charge in [0.1, 0.15) is 0 Å². The summed E-state index contributed by atoms with van der Waals surface area (Å²) in [4.78, 5) is 0. The van der Waals surface area contributed by atoms with Crippen LogP contribution in [-0.4, -0.2) is 35.5 Å². The van der Waals surface area contributed by atoms with Crippen LogP contribution >= 0.6 is 0 Å². The average molecular weight is 219 g/mol. The summed E-state index contributed by atoms with van der Waals surface area (Å²) in [7, 11) is -0.908. The van der Waals surface area contributed by atoms with E-state index >= 15 is 0 Å². The number of hydrogen-bond donors (Lipinski definition) is 1. The summed E-state index contributed by atoms with van der Waals surface area (Å²) in [6.07, 6.45) is 5.48. The maximum atomic E-state index is 11.0. The predicted octanol–water partition coefficient (Wildman–Crippen LogP) is 0.555. The zero-order valence-electron chi connectivity index (χ0n) is 8.45. The second-order valence-electron chi connectivity index (χ2n) is 3.95. The molecule has 1 N–H and O–H groups in total. The molecule has 1 aliphatic carbocycles. The molecule has 2 aliphatic rings. The number of rotatable bonds is 2. The molecule has 1 atom stereocenters. The molecule has 1 aliphatic heterocycles. The Morgan fingerprint density at radius 3 is 2.36 bits per heavy atom. The first-order valence-corrected chi connectivity index (χ1v) is 6.63. The van der Waals surface area contributed by atoms with E-state index in [2.05, 4.69) is 4.72 Å². The minimum Gasteiger partial charge on any atom is -0.348 e. The van der Waals surface area contributed by atoms with Gasteiger partial charge in [-0.1, -0.05) is 0 Å². The Labute approximate surface area is 86.9 Å². The van der Waals surface area contributed by atoms with Gasteiger partial charge in [-0.25, -0.2) is 8.93 Å². The average Bonchev–Trinajstić information content (AvgIpc) is 2.58. The van der Waals surface area contributed by atoms with Gasteiger partial charge < -0.3 is 9.47 Å². The number of hydrogen-bond acceptors (Lipinski definition) is 3. The van der Waals surface area contributed by atoms with Crippen LogP contribution < -0.4 is 4.72 Å². The SMILES string of the molecule is CS(=O)NC1CCC2(CC1)OCCO2. The normalized spacial score (nSPS) is 29.5. The Bertz CT molecular complexity index is 218. The van der Waals surface area contributed by atoms with Crippen molar-refractivity contribution in [1.82, 2.24) is 4.72 Å². The molecule has 14 heavy (non-hydrogen) atoms. The lowest BCUT2D eigenvalue weighted by molar-refractivity contribution is -0.178. The molecule has 0 aromatic carbocycles. The molecule has 1 saturated heterocycles. The summed E-state index contributed by atoms with van der Waals surface area (Å²) < 4.78 is 25.2. The zero-order chi connectivity index (χ0) is 10.0. The lowest BCUT2D eigenvalue weighted by atomic mass is 9.91. The third kappa shape index (κ3) is 2.34. The lowest BCUT2D eigenvalue weighted by Gasteiger charge is -2.35. The maximum Gasteiger partial charge on any atom is 0.168 e. The van der Waals surface area contributed by atoms with E-state index in [-0.39, 0.29) is 5.79 Å². The van der Waals surface area contributed by atoms with Crippen molar-refractivity contribution in [2.75, 3.05) is 19.5 Å². The molecule has 82 valence electrons. The molecule has 2 rings (SSSR count). The molecule has 0 aromatic heterocycles. The van der Waals surface area contributed by atoms with E-state index in [0.29, 0.717) is 6.04 Å². The van der Waals surface area contributed by atoms with Crippen LogP contribution in [0.2, 0.25) is 0 Å². The maximum absolute atomic E-state index is 11.0. The van der Waals surface area contributed by atoms with Crippen LogP contribution in [0.1, 0.15) is 25.7 Å². The van der Waals surface area contributed by atoms with Crippen molar-refractivity contribution in [1.29, 1.82) is 0 Å². The van der Waals surface area contributed by atoms with Gasteiger partial charge in [0.05, 0.1) is 24.2 Å². The van der Waals surface area contributed by atoms with Gasteiger partial charge in [0.25, 0.3) is 0 Å². The fourth-order valence-electron chi connectivity index (χ4n) is 2.20. The van der Waals surface area contributed by atoms with Gasteiger partial charge in [0, 0.05) is 25.1 Å². The monoisotopic (exact) mass is 219 g/mol. The fraction of sp³-hybridized carbons (Fsp3) is 1.00. The Balaban J connectivity index is 1.82. The first kappa shape index (κ1) is 10.5. The van der Waals surface area contributed by atoms with Crippen LogP contribution in [0.25, 0.3) is 0 Å². The molecule has 0 aromatic rings. The minimum atomic E-state index is -0.908. The summed E-state index contributed by atoms with van der Waals surface area (Å²) in [5.41, 5.74) is 0. The van der Waals surface area contributed by atoms with Crippen molar-refractivity contribution in [3.8, 4) is 0 Å². The summed E-state index contributed by atoms with van der Waals surface area (Å²) >= 11 is 0. The van der Waals surface area contributed by atoms with Crippen molar-refractivity contribution >= 4 is 11.0 Å². The van der Waals surface area contributed by atoms with Crippen LogP contribution in [0.15, 0.2) is 0 Å². The van der Waals surface area contributed by atoms with Crippen molar-refractivity contribution in [2.45, 2.75) is 37.5 Å². The summed E-state index contributed by atoms with van der Waals surface area (Å²) in [5.74, 6) is -0.298. The van der Waals surface area contributed by atoms with Crippen molar-refractivity contribution in [3.05, 3.63) is 0 Å². The van der Waals surface area contributed by atoms with Crippen LogP contribution in [-0.2, 0) is 20.5 Å². The zero-order valence-corrected chi connectivity index (χ0v) is 9.27. The van der Waals surface area contributed by atoms with Gasteiger partial charge in [0.2, 0.25) is 0 Å². The third-order valence-electron chi connectivity index (χ3n) is 2.89. The molecule has 1 heterocycles. The highest BCUT2D eigenvalue weighted by molar-refractivity contribution is 7.82. The standard InChI is InChI=1S/C9H17NO3S/c1-14(11)10-8-2-4-9(5-3-8)12-6-7-13-9/h8,10H,2-7H2,1H3. The highest BCUT2D eigenvalue weighted by Gasteiger charge is 2.40. The summed E-state index contributed by atoms with van der Waals surface area (Å²) in [5, 5.41) is 0. The molecule has 5 heteroatoms. The Morgan fingerprint density at radius 2 is 1.86 bits per heavy atom. The van der Waals surface area contributed by atoms with E-state index in [9.17, 15) is 4.21 Å². The number of ether oxygens (including phenoxy) is 2. The van der Waals surface area contributed by atoms with E-state index in [1.54, 1.807) is 6.26 Å². The molecule has 1 spiro atoms. The van der Waals surface area contributed by atoms with E-state index in [4.69, 9.17) is 9.47 Å². The van der Waals surface area contributed by atoms with Crippen molar-refractivity contribution in [3.63, 3.8) is 0 Å². The smallest absolute Gasteiger partial charge is 0.168 e. The van der Waals surface area contributed by atoms with Crippen molar-refractivity contribution in [2.24, 2.45) is 0 Å². The van der Waals surface area contributed by atoms with Gasteiger partial charge in [-0.15, -0.1) is 0 Å². The second kappa shape index (κ2) is 4.26. The molecule has 4 nitrogen and oxygen atoms in total. The highest BCUT2D eigenvalue weighted by Crippen LogP contribution is 2.35. The van der Waals surface area contributed by atoms with Crippen LogP contribution in [0.5, 0.6) is 0 Å². The fourth-order valence-corrected chi connectivity index (χ4v) is 2.90. The van der Waals surface area contributed by atoms with Gasteiger partial charge in [-0.05, 0) is 12.8 Å². The topological polar surface area (TPSA) is 47.6 Å². The van der Waals surface area contributed by atoms with Crippen molar-refractivity contribution < 1.29 is 13.7 Å². The van der Waals surface area contributed by atoms with Gasteiger partial charge >= 0.3 is 0 Å². The van der Waals surface area contributed by atoms with Crippen LogP contribution in [0.4, 0.5) is 0 Å². The molecule has 1 saturated carbocycles. The van der Waals surface area contributed by atoms with Crippen LogP contribution in [0.3, 0.4) is 0 Å². The lowest BCUT2D eigenvalue weighted by Crippen LogP contribution is -2.42. The van der Waals surface area contributed by atoms with E-state index < -0.39 is 11.0 Å². The first-order chi connectivity index (χ1) is 6.70. The summed E-state index contributed by atoms with van der Waals surface area (Å²) in [6.45, 7) is 1.44. The molecular formula is C9H17NO3S. The Hall–Kier alpha value is 0.0300. The van der Waals surface area contributed by atoms with Crippen LogP contribution in [0, 0.1) is 0 Å². The van der Waals surface area contributed by atoms with E-state index in [1.165, 1.54) is 0 Å². The molecule has 2 fully saturated rings. The largest absolute Gasteiger partial charge is 0.348 e. The molecular weight excluding hydrogens is 202 g/mol. The van der Waals surface area contributed by atoms with Gasteiger partial charge in [-0.2, -0.15) is 0 Å². The predicted molar refractivity (Wildman–Crippen MR) is 54.1 cm³/mol. The highest BCUT2D eigenvalue weighted by atomic mass is 32.2. The Morgan fingerprint density at radius 1 is 1.29 bits per heavy atom. The van der Waals surface area contributed by atoms with Gasteiger partial charge in [0.15, 0.2) is 5.79 Å². The summed E-state index contributed by atoms with van der Waals surface area (Å²) in [6, 6.07) is 0.360. The van der Waals surface area contributed by atoms with E-state index in [0.717, 1.165) is 38.9 Å².